The Morgan fingerprint density at radius 1 is 0.848 bits per heavy atom. The molecule has 0 aliphatic heterocycles. The second kappa shape index (κ2) is 16.1. The van der Waals surface area contributed by atoms with Crippen molar-refractivity contribution in [1.82, 2.24) is 0 Å². The molecule has 46 heavy (non-hydrogen) atoms. The SMILES string of the molecule is CCCCCCCCCOc1ccc(C(=O)OC2CC[C@@]3(C)C(=CCC4C3CC[C@@]3(C)C4CC[C@@H]3[C@H](C)CCCC(C)C)C2)cc1. The molecule has 8 atom stereocenters. The van der Waals surface area contributed by atoms with Crippen molar-refractivity contribution in [2.24, 2.45) is 46.3 Å². The highest BCUT2D eigenvalue weighted by Crippen LogP contribution is 2.67. The molecule has 0 aromatic heterocycles. The monoisotopic (exact) mass is 633 g/mol. The summed E-state index contributed by atoms with van der Waals surface area (Å²) >= 11 is 0. The van der Waals surface area contributed by atoms with Gasteiger partial charge in [0.1, 0.15) is 11.9 Å². The van der Waals surface area contributed by atoms with E-state index in [-0.39, 0.29) is 17.5 Å². The van der Waals surface area contributed by atoms with Gasteiger partial charge in [-0.2, -0.15) is 0 Å². The Kier molecular flexibility index (Phi) is 12.4. The second-order valence-corrected chi connectivity index (χ2v) is 17.1. The van der Waals surface area contributed by atoms with Crippen molar-refractivity contribution in [2.45, 2.75) is 163 Å². The van der Waals surface area contributed by atoms with E-state index in [9.17, 15) is 4.79 Å². The van der Waals surface area contributed by atoms with Gasteiger partial charge >= 0.3 is 5.97 Å². The topological polar surface area (TPSA) is 35.5 Å². The number of carbonyl (C=O) groups is 1. The molecule has 0 radical (unpaired) electrons. The first-order valence-electron chi connectivity index (χ1n) is 19.8. The Morgan fingerprint density at radius 3 is 2.33 bits per heavy atom. The van der Waals surface area contributed by atoms with E-state index in [2.05, 4.69) is 47.6 Å². The van der Waals surface area contributed by atoms with Gasteiger partial charge < -0.3 is 9.47 Å². The van der Waals surface area contributed by atoms with Crippen molar-refractivity contribution in [1.29, 1.82) is 0 Å². The van der Waals surface area contributed by atoms with Crippen LogP contribution in [-0.2, 0) is 4.74 Å². The number of allylic oxidation sites excluding steroid dienone is 1. The Hall–Kier alpha value is -1.77. The quantitative estimate of drug-likeness (QED) is 0.103. The van der Waals surface area contributed by atoms with Crippen LogP contribution in [0.4, 0.5) is 0 Å². The smallest absolute Gasteiger partial charge is 0.338 e. The summed E-state index contributed by atoms with van der Waals surface area (Å²) in [6, 6.07) is 7.60. The highest BCUT2D eigenvalue weighted by Gasteiger charge is 2.59. The molecule has 1 aromatic carbocycles. The standard InChI is InChI=1S/C43H68O3/c1-7-8-9-10-11-12-13-29-45-35-20-17-33(18-21-35)41(44)46-36-25-27-42(5)34(30-36)19-22-37-39-24-23-38(32(4)16-14-15-31(2)3)43(39,6)28-26-40(37)42/h17-21,31-32,36-40H,7-16,22-30H2,1-6H3/t32-,36?,37?,38-,39?,40?,42+,43-/m1/s1. The number of rotatable bonds is 16. The molecule has 0 amide bonds. The highest BCUT2D eigenvalue weighted by molar-refractivity contribution is 5.89. The van der Waals surface area contributed by atoms with Crippen molar-refractivity contribution in [3.8, 4) is 5.75 Å². The first-order chi connectivity index (χ1) is 22.2. The van der Waals surface area contributed by atoms with Gasteiger partial charge in [-0.1, -0.05) is 111 Å². The molecule has 0 bridgehead atoms. The van der Waals surface area contributed by atoms with Gasteiger partial charge in [0, 0.05) is 6.42 Å². The van der Waals surface area contributed by atoms with E-state index < -0.39 is 0 Å². The largest absolute Gasteiger partial charge is 0.494 e. The van der Waals surface area contributed by atoms with Crippen LogP contribution in [0.5, 0.6) is 5.75 Å². The summed E-state index contributed by atoms with van der Waals surface area (Å²) in [6.45, 7) is 15.6. The maximum atomic E-state index is 13.2. The number of hydrogen-bond donors (Lipinski definition) is 0. The Bertz CT molecular complexity index is 1140. The molecule has 1 aromatic rings. The first-order valence-corrected chi connectivity index (χ1v) is 19.8. The van der Waals surface area contributed by atoms with Crippen LogP contribution in [0.3, 0.4) is 0 Å². The summed E-state index contributed by atoms with van der Waals surface area (Å²) in [5.41, 5.74) is 3.03. The van der Waals surface area contributed by atoms with Gasteiger partial charge in [-0.25, -0.2) is 4.79 Å². The predicted octanol–water partition coefficient (Wildman–Crippen LogP) is 12.4. The maximum Gasteiger partial charge on any atom is 0.338 e. The zero-order valence-corrected chi connectivity index (χ0v) is 30.6. The number of carbonyl (C=O) groups excluding carboxylic acids is 1. The lowest BCUT2D eigenvalue weighted by Gasteiger charge is -2.58. The zero-order chi connectivity index (χ0) is 32.7. The van der Waals surface area contributed by atoms with Crippen molar-refractivity contribution in [2.75, 3.05) is 6.61 Å². The summed E-state index contributed by atoms with van der Waals surface area (Å²) in [6.07, 6.45) is 25.7. The average molecular weight is 633 g/mol. The number of ether oxygens (including phenoxy) is 2. The Balaban J connectivity index is 1.10. The van der Waals surface area contributed by atoms with Crippen molar-refractivity contribution in [3.05, 3.63) is 41.5 Å². The summed E-state index contributed by atoms with van der Waals surface area (Å²) in [5, 5.41) is 0. The lowest BCUT2D eigenvalue weighted by atomic mass is 9.47. The molecule has 3 saturated carbocycles. The summed E-state index contributed by atoms with van der Waals surface area (Å²) in [5.74, 6) is 5.77. The van der Waals surface area contributed by atoms with Crippen LogP contribution in [0.25, 0.3) is 0 Å². The molecule has 0 saturated heterocycles. The number of unbranched alkanes of at least 4 members (excludes halogenated alkanes) is 6. The Labute approximate surface area is 283 Å². The lowest BCUT2D eigenvalue weighted by molar-refractivity contribution is -0.0594. The van der Waals surface area contributed by atoms with E-state index >= 15 is 0 Å². The molecule has 0 heterocycles. The van der Waals surface area contributed by atoms with Crippen LogP contribution >= 0.6 is 0 Å². The molecule has 3 fully saturated rings. The van der Waals surface area contributed by atoms with E-state index in [1.54, 1.807) is 5.57 Å². The molecule has 4 unspecified atom stereocenters. The van der Waals surface area contributed by atoms with Crippen LogP contribution in [-0.4, -0.2) is 18.7 Å². The minimum atomic E-state index is -0.186. The van der Waals surface area contributed by atoms with Crippen molar-refractivity contribution >= 4 is 5.97 Å². The maximum absolute atomic E-state index is 13.2. The lowest BCUT2D eigenvalue weighted by Crippen LogP contribution is -2.51. The van der Waals surface area contributed by atoms with Crippen molar-refractivity contribution < 1.29 is 14.3 Å². The van der Waals surface area contributed by atoms with E-state index in [0.29, 0.717) is 11.0 Å². The molecular weight excluding hydrogens is 564 g/mol. The molecule has 258 valence electrons. The molecule has 4 aliphatic carbocycles. The third-order valence-electron chi connectivity index (χ3n) is 13.6. The Morgan fingerprint density at radius 2 is 1.59 bits per heavy atom. The molecule has 3 heteroatoms. The van der Waals surface area contributed by atoms with E-state index in [4.69, 9.17) is 9.47 Å². The second-order valence-electron chi connectivity index (χ2n) is 17.1. The molecule has 0 N–H and O–H groups in total. The highest BCUT2D eigenvalue weighted by atomic mass is 16.5. The minimum Gasteiger partial charge on any atom is -0.494 e. The number of benzene rings is 1. The number of hydrogen-bond acceptors (Lipinski definition) is 3. The van der Waals surface area contributed by atoms with E-state index in [1.807, 2.05) is 24.3 Å². The van der Waals surface area contributed by atoms with Crippen molar-refractivity contribution in [3.63, 3.8) is 0 Å². The minimum absolute atomic E-state index is 0.00645. The summed E-state index contributed by atoms with van der Waals surface area (Å²) in [7, 11) is 0. The molecule has 5 rings (SSSR count). The van der Waals surface area contributed by atoms with Crippen LogP contribution in [0.15, 0.2) is 35.9 Å². The van der Waals surface area contributed by atoms with Gasteiger partial charge in [0.25, 0.3) is 0 Å². The first kappa shape index (κ1) is 35.5. The van der Waals surface area contributed by atoms with Gasteiger partial charge in [0.2, 0.25) is 0 Å². The fourth-order valence-corrected chi connectivity index (χ4v) is 10.9. The van der Waals surface area contributed by atoms with Gasteiger partial charge in [-0.05, 0) is 122 Å². The molecular formula is C43H68O3. The fraction of sp³-hybridized carbons (Fsp3) is 0.791. The molecule has 3 nitrogen and oxygen atoms in total. The number of fused-ring (bicyclic) bond motifs is 5. The van der Waals surface area contributed by atoms with E-state index in [0.717, 1.165) is 73.5 Å². The third kappa shape index (κ3) is 8.08. The van der Waals surface area contributed by atoms with Gasteiger partial charge in [0.15, 0.2) is 0 Å². The van der Waals surface area contributed by atoms with Gasteiger partial charge in [0.05, 0.1) is 12.2 Å². The van der Waals surface area contributed by atoms with Gasteiger partial charge in [-0.15, -0.1) is 0 Å². The zero-order valence-electron chi connectivity index (χ0n) is 30.6. The van der Waals surface area contributed by atoms with Crippen LogP contribution in [0.1, 0.15) is 167 Å². The van der Waals surface area contributed by atoms with Crippen LogP contribution in [0, 0.1) is 46.3 Å². The number of esters is 1. The summed E-state index contributed by atoms with van der Waals surface area (Å²) < 4.78 is 12.1. The normalized spacial score (nSPS) is 32.7. The molecule has 4 aliphatic rings. The molecule has 0 spiro atoms. The van der Waals surface area contributed by atoms with Crippen LogP contribution < -0.4 is 4.74 Å². The third-order valence-corrected chi connectivity index (χ3v) is 13.6. The van der Waals surface area contributed by atoms with Gasteiger partial charge in [-0.3, -0.25) is 0 Å². The predicted molar refractivity (Wildman–Crippen MR) is 192 cm³/mol. The average Bonchev–Trinajstić information content (AvgIpc) is 3.40. The fourth-order valence-electron chi connectivity index (χ4n) is 10.9. The summed E-state index contributed by atoms with van der Waals surface area (Å²) in [4.78, 5) is 13.2. The van der Waals surface area contributed by atoms with E-state index in [1.165, 1.54) is 89.9 Å². The van der Waals surface area contributed by atoms with Crippen LogP contribution in [0.2, 0.25) is 0 Å².